The van der Waals surface area contributed by atoms with Gasteiger partial charge in [-0.2, -0.15) is 8.78 Å². The van der Waals surface area contributed by atoms with Crippen molar-refractivity contribution >= 4 is 12.3 Å². The molecular weight excluding hydrogens is 158 g/mol. The van der Waals surface area contributed by atoms with Gasteiger partial charge in [-0.1, -0.05) is 6.92 Å². The van der Waals surface area contributed by atoms with Crippen molar-refractivity contribution in [3.05, 3.63) is 0 Å². The molecule has 1 atom stereocenters. The summed E-state index contributed by atoms with van der Waals surface area (Å²) in [4.78, 5) is 19.6. The van der Waals surface area contributed by atoms with Gasteiger partial charge in [-0.05, 0) is 0 Å². The Morgan fingerprint density at radius 2 is 2.18 bits per heavy atom. The quantitative estimate of drug-likeness (QED) is 0.632. The minimum atomic E-state index is -3.80. The number of hydrogen-bond donors (Lipinski definition) is 1. The highest BCUT2D eigenvalue weighted by atomic mass is 19.3. The first kappa shape index (κ1) is 10.0. The molecular formula is C6H8F2O3. The van der Waals surface area contributed by atoms with Gasteiger partial charge in [-0.3, -0.25) is 0 Å². The van der Waals surface area contributed by atoms with Crippen molar-refractivity contribution in [2.45, 2.75) is 19.3 Å². The zero-order valence-electron chi connectivity index (χ0n) is 5.88. The van der Waals surface area contributed by atoms with Crippen LogP contribution in [0.4, 0.5) is 8.78 Å². The minimum absolute atomic E-state index is 0.279. The molecule has 0 fully saturated rings. The van der Waals surface area contributed by atoms with E-state index in [1.807, 2.05) is 0 Å². The molecule has 0 radical (unpaired) electrons. The van der Waals surface area contributed by atoms with Gasteiger partial charge in [0, 0.05) is 12.3 Å². The first-order chi connectivity index (χ1) is 4.92. The van der Waals surface area contributed by atoms with Gasteiger partial charge < -0.3 is 9.90 Å². The zero-order valence-corrected chi connectivity index (χ0v) is 5.88. The largest absolute Gasteiger partial charge is 0.477 e. The highest BCUT2D eigenvalue weighted by Gasteiger charge is 2.44. The Morgan fingerprint density at radius 1 is 1.73 bits per heavy atom. The number of rotatable bonds is 4. The summed E-state index contributed by atoms with van der Waals surface area (Å²) < 4.78 is 24.7. The molecule has 1 unspecified atom stereocenters. The van der Waals surface area contributed by atoms with Gasteiger partial charge in [0.25, 0.3) is 0 Å². The lowest BCUT2D eigenvalue weighted by molar-refractivity contribution is -0.172. The van der Waals surface area contributed by atoms with E-state index in [0.29, 0.717) is 0 Å². The molecule has 0 amide bonds. The Balaban J connectivity index is 4.28. The maximum atomic E-state index is 12.4. The highest BCUT2D eigenvalue weighted by molar-refractivity contribution is 5.76. The van der Waals surface area contributed by atoms with Crippen molar-refractivity contribution in [2.24, 2.45) is 5.92 Å². The van der Waals surface area contributed by atoms with E-state index in [1.54, 1.807) is 0 Å². The zero-order chi connectivity index (χ0) is 9.07. The van der Waals surface area contributed by atoms with Gasteiger partial charge in [0.05, 0.1) is 0 Å². The van der Waals surface area contributed by atoms with Gasteiger partial charge in [0.15, 0.2) is 0 Å². The first-order valence-corrected chi connectivity index (χ1v) is 2.97. The normalized spacial score (nSPS) is 14.1. The summed E-state index contributed by atoms with van der Waals surface area (Å²) in [6.45, 7) is 1.02. The fourth-order valence-electron chi connectivity index (χ4n) is 0.503. The lowest BCUT2D eigenvalue weighted by atomic mass is 10.0. The van der Waals surface area contributed by atoms with E-state index in [9.17, 15) is 18.4 Å². The van der Waals surface area contributed by atoms with Crippen LogP contribution in [0.1, 0.15) is 13.3 Å². The van der Waals surface area contributed by atoms with Crippen molar-refractivity contribution in [2.75, 3.05) is 0 Å². The summed E-state index contributed by atoms with van der Waals surface area (Å²) in [5.74, 6) is -7.44. The fourth-order valence-corrected chi connectivity index (χ4v) is 0.503. The van der Waals surface area contributed by atoms with Crippen LogP contribution in [0.25, 0.3) is 0 Å². The van der Waals surface area contributed by atoms with E-state index >= 15 is 0 Å². The third kappa shape index (κ3) is 2.25. The average Bonchev–Trinajstić information content (AvgIpc) is 1.88. The highest BCUT2D eigenvalue weighted by Crippen LogP contribution is 2.26. The molecule has 0 rings (SSSR count). The molecule has 11 heavy (non-hydrogen) atoms. The monoisotopic (exact) mass is 166 g/mol. The van der Waals surface area contributed by atoms with E-state index in [2.05, 4.69) is 0 Å². The molecule has 0 aromatic rings. The number of alkyl halides is 2. The predicted molar refractivity (Wildman–Crippen MR) is 32.4 cm³/mol. The summed E-state index contributed by atoms with van der Waals surface area (Å²) in [5, 5.41) is 7.97. The van der Waals surface area contributed by atoms with Gasteiger partial charge in [-0.15, -0.1) is 0 Å². The Morgan fingerprint density at radius 3 is 2.45 bits per heavy atom. The second-order valence-electron chi connectivity index (χ2n) is 2.23. The van der Waals surface area contributed by atoms with Gasteiger partial charge in [0.2, 0.25) is 0 Å². The molecule has 0 bridgehead atoms. The Labute approximate surface area is 62.0 Å². The average molecular weight is 166 g/mol. The summed E-state index contributed by atoms with van der Waals surface area (Å²) in [6.07, 6.45) is -0.166. The molecule has 0 aliphatic heterocycles. The Kier molecular flexibility index (Phi) is 3.10. The third-order valence-electron chi connectivity index (χ3n) is 1.35. The second-order valence-corrected chi connectivity index (χ2v) is 2.23. The number of aldehydes is 1. The topological polar surface area (TPSA) is 54.4 Å². The summed E-state index contributed by atoms with van der Waals surface area (Å²) in [6, 6.07) is 0. The molecule has 1 N–H and O–H groups in total. The number of carboxylic acids is 1. The molecule has 0 saturated carbocycles. The number of halogens is 2. The molecule has 0 aromatic carbocycles. The second kappa shape index (κ2) is 3.41. The van der Waals surface area contributed by atoms with E-state index in [4.69, 9.17) is 5.11 Å². The predicted octanol–water partition coefficient (Wildman–Crippen LogP) is 0.931. The van der Waals surface area contributed by atoms with Crippen molar-refractivity contribution in [1.29, 1.82) is 0 Å². The minimum Gasteiger partial charge on any atom is -0.477 e. The Bertz CT molecular complexity index is 167. The Hall–Kier alpha value is -1.00. The van der Waals surface area contributed by atoms with Crippen LogP contribution in [-0.2, 0) is 9.59 Å². The fraction of sp³-hybridized carbons (Fsp3) is 0.667. The maximum Gasteiger partial charge on any atom is 0.374 e. The van der Waals surface area contributed by atoms with Crippen LogP contribution >= 0.6 is 0 Å². The van der Waals surface area contributed by atoms with Crippen molar-refractivity contribution in [3.8, 4) is 0 Å². The summed E-state index contributed by atoms with van der Waals surface area (Å²) in [5.41, 5.74) is 0. The summed E-state index contributed by atoms with van der Waals surface area (Å²) in [7, 11) is 0. The molecule has 5 heteroatoms. The number of carbonyl (C=O) groups is 2. The molecule has 0 aliphatic carbocycles. The molecule has 0 heterocycles. The molecule has 64 valence electrons. The summed E-state index contributed by atoms with van der Waals surface area (Å²) >= 11 is 0. The standard InChI is InChI=1S/C6H8F2O3/c1-4(2-3-9)6(7,8)5(10)11/h3-4H,2H2,1H3,(H,10,11). The molecule has 0 aliphatic rings. The SMILES string of the molecule is CC(CC=O)C(F)(F)C(=O)O. The maximum absolute atomic E-state index is 12.4. The van der Waals surface area contributed by atoms with Crippen LogP contribution in [0.2, 0.25) is 0 Å². The van der Waals surface area contributed by atoms with Crippen LogP contribution in [0.5, 0.6) is 0 Å². The number of carboxylic acid groups (broad SMARTS) is 1. The van der Waals surface area contributed by atoms with Crippen LogP contribution in [0.3, 0.4) is 0 Å². The van der Waals surface area contributed by atoms with Crippen molar-refractivity contribution in [3.63, 3.8) is 0 Å². The van der Waals surface area contributed by atoms with Crippen LogP contribution in [0.15, 0.2) is 0 Å². The molecule has 0 spiro atoms. The third-order valence-corrected chi connectivity index (χ3v) is 1.35. The van der Waals surface area contributed by atoms with E-state index in [1.165, 1.54) is 0 Å². The van der Waals surface area contributed by atoms with Crippen LogP contribution in [-0.4, -0.2) is 23.3 Å². The van der Waals surface area contributed by atoms with Crippen molar-refractivity contribution in [1.82, 2.24) is 0 Å². The van der Waals surface area contributed by atoms with E-state index < -0.39 is 24.2 Å². The number of carbonyl (C=O) groups excluding carboxylic acids is 1. The first-order valence-electron chi connectivity index (χ1n) is 2.97. The van der Waals surface area contributed by atoms with Crippen LogP contribution in [0, 0.1) is 5.92 Å². The van der Waals surface area contributed by atoms with Gasteiger partial charge in [-0.25, -0.2) is 4.79 Å². The van der Waals surface area contributed by atoms with Gasteiger partial charge in [0.1, 0.15) is 6.29 Å². The lowest BCUT2D eigenvalue weighted by Gasteiger charge is -2.16. The van der Waals surface area contributed by atoms with Gasteiger partial charge >= 0.3 is 11.9 Å². The van der Waals surface area contributed by atoms with Crippen molar-refractivity contribution < 1.29 is 23.5 Å². The van der Waals surface area contributed by atoms with E-state index in [0.717, 1.165) is 6.92 Å². The smallest absolute Gasteiger partial charge is 0.374 e. The number of hydrogen-bond acceptors (Lipinski definition) is 2. The van der Waals surface area contributed by atoms with Crippen LogP contribution < -0.4 is 0 Å². The lowest BCUT2D eigenvalue weighted by Crippen LogP contribution is -2.35. The molecule has 0 aromatic heterocycles. The number of aliphatic carboxylic acids is 1. The molecule has 3 nitrogen and oxygen atoms in total. The van der Waals surface area contributed by atoms with E-state index in [-0.39, 0.29) is 6.29 Å². The molecule has 0 saturated heterocycles.